The van der Waals surface area contributed by atoms with E-state index in [-0.39, 0.29) is 25.0 Å². The molecule has 3 N–H and O–H groups in total. The van der Waals surface area contributed by atoms with Gasteiger partial charge in [-0.05, 0) is 18.4 Å². The van der Waals surface area contributed by atoms with Crippen LogP contribution in [0.5, 0.6) is 0 Å². The fourth-order valence-electron chi connectivity index (χ4n) is 1.87. The Morgan fingerprint density at radius 2 is 2.44 bits per heavy atom. The summed E-state index contributed by atoms with van der Waals surface area (Å²) in [4.78, 5) is 24.2. The Morgan fingerprint density at radius 1 is 1.75 bits per heavy atom. The smallest absolute Gasteiger partial charge is 0.223 e. The van der Waals surface area contributed by atoms with Crippen LogP contribution in [0, 0.1) is 5.92 Å². The second-order valence-corrected chi connectivity index (χ2v) is 4.95. The van der Waals surface area contributed by atoms with Crippen molar-refractivity contribution in [2.45, 2.75) is 18.9 Å². The highest BCUT2D eigenvalue weighted by Gasteiger charge is 2.36. The lowest BCUT2D eigenvalue weighted by molar-refractivity contribution is -0.130. The first-order valence-electron chi connectivity index (χ1n) is 5.28. The molecule has 16 heavy (non-hydrogen) atoms. The molecule has 1 fully saturated rings. The van der Waals surface area contributed by atoms with Crippen LogP contribution in [0.15, 0.2) is 0 Å². The lowest BCUT2D eigenvalue weighted by Crippen LogP contribution is -2.40. The van der Waals surface area contributed by atoms with Crippen molar-refractivity contribution in [2.24, 2.45) is 11.7 Å². The maximum atomic E-state index is 11.7. The molecule has 2 atom stereocenters. The first-order valence-corrected chi connectivity index (χ1v) is 6.68. The number of hydrogen-bond donors (Lipinski definition) is 2. The first kappa shape index (κ1) is 13.3. The summed E-state index contributed by atoms with van der Waals surface area (Å²) in [7, 11) is 0. The maximum Gasteiger partial charge on any atom is 0.223 e. The van der Waals surface area contributed by atoms with Gasteiger partial charge in [0.1, 0.15) is 0 Å². The Bertz CT molecular complexity index is 273. The van der Waals surface area contributed by atoms with Crippen LogP contribution in [0.3, 0.4) is 0 Å². The van der Waals surface area contributed by atoms with Gasteiger partial charge in [-0.15, -0.1) is 0 Å². The molecule has 1 aliphatic rings. The minimum Gasteiger partial charge on any atom is -0.394 e. The highest BCUT2D eigenvalue weighted by Crippen LogP contribution is 2.21. The van der Waals surface area contributed by atoms with E-state index in [9.17, 15) is 14.7 Å². The minimum atomic E-state index is -0.433. The van der Waals surface area contributed by atoms with Crippen LogP contribution in [0.4, 0.5) is 0 Å². The number of amides is 2. The van der Waals surface area contributed by atoms with Crippen molar-refractivity contribution >= 4 is 23.6 Å². The number of aliphatic hydroxyl groups is 1. The van der Waals surface area contributed by atoms with Gasteiger partial charge in [-0.3, -0.25) is 9.59 Å². The van der Waals surface area contributed by atoms with Crippen LogP contribution in [0.1, 0.15) is 12.8 Å². The Hall–Kier alpha value is -0.750. The number of hydrogen-bond acceptors (Lipinski definition) is 4. The van der Waals surface area contributed by atoms with Gasteiger partial charge in [0.15, 0.2) is 0 Å². The molecule has 92 valence electrons. The van der Waals surface area contributed by atoms with Crippen molar-refractivity contribution in [1.82, 2.24) is 4.90 Å². The molecule has 0 spiro atoms. The zero-order valence-electron chi connectivity index (χ0n) is 9.39. The predicted octanol–water partition coefficient (Wildman–Crippen LogP) is -0.566. The quantitative estimate of drug-likeness (QED) is 0.657. The van der Waals surface area contributed by atoms with Crippen LogP contribution in [-0.2, 0) is 9.59 Å². The average molecular weight is 246 g/mol. The van der Waals surface area contributed by atoms with Crippen LogP contribution in [0.2, 0.25) is 0 Å². The molecule has 0 radical (unpaired) electrons. The van der Waals surface area contributed by atoms with E-state index in [0.717, 1.165) is 12.2 Å². The predicted molar refractivity (Wildman–Crippen MR) is 62.9 cm³/mol. The number of nitrogens with zero attached hydrogens (tertiary/aromatic N) is 1. The third-order valence-electron chi connectivity index (χ3n) is 2.87. The van der Waals surface area contributed by atoms with Crippen molar-refractivity contribution in [3.8, 4) is 0 Å². The lowest BCUT2D eigenvalue weighted by Gasteiger charge is -2.26. The largest absolute Gasteiger partial charge is 0.394 e. The molecule has 0 bridgehead atoms. The summed E-state index contributed by atoms with van der Waals surface area (Å²) in [5, 5.41) is 9.24. The summed E-state index contributed by atoms with van der Waals surface area (Å²) in [5.41, 5.74) is 5.18. The number of carbonyl (C=O) groups is 2. The molecule has 1 saturated heterocycles. The lowest BCUT2D eigenvalue weighted by atomic mass is 10.1. The van der Waals surface area contributed by atoms with Crippen LogP contribution in [0.25, 0.3) is 0 Å². The topological polar surface area (TPSA) is 83.6 Å². The van der Waals surface area contributed by atoms with Gasteiger partial charge < -0.3 is 15.7 Å². The Labute approximate surface area is 99.4 Å². The highest BCUT2D eigenvalue weighted by molar-refractivity contribution is 7.98. The van der Waals surface area contributed by atoms with E-state index in [0.29, 0.717) is 6.54 Å². The van der Waals surface area contributed by atoms with E-state index in [1.54, 1.807) is 16.7 Å². The van der Waals surface area contributed by atoms with Gasteiger partial charge in [0, 0.05) is 13.0 Å². The Kier molecular flexibility index (Phi) is 5.08. The van der Waals surface area contributed by atoms with Gasteiger partial charge in [-0.1, -0.05) is 0 Å². The van der Waals surface area contributed by atoms with Crippen LogP contribution >= 0.6 is 11.8 Å². The molecule has 0 aromatic heterocycles. The SMILES string of the molecule is CSCCC(CO)N1CC(C(N)=O)CC1=O. The summed E-state index contributed by atoms with van der Waals surface area (Å²) in [6.45, 7) is 0.297. The van der Waals surface area contributed by atoms with Crippen molar-refractivity contribution in [1.29, 1.82) is 0 Å². The molecule has 0 saturated carbocycles. The zero-order chi connectivity index (χ0) is 12.1. The molecule has 6 heteroatoms. The van der Waals surface area contributed by atoms with Crippen molar-refractivity contribution < 1.29 is 14.7 Å². The summed E-state index contributed by atoms with van der Waals surface area (Å²) >= 11 is 1.67. The summed E-state index contributed by atoms with van der Waals surface area (Å²) < 4.78 is 0. The molecule has 1 aliphatic heterocycles. The minimum absolute atomic E-state index is 0.0578. The third-order valence-corrected chi connectivity index (χ3v) is 3.51. The molecule has 0 aliphatic carbocycles. The molecule has 1 heterocycles. The van der Waals surface area contributed by atoms with E-state index in [1.165, 1.54) is 0 Å². The summed E-state index contributed by atoms with van der Waals surface area (Å²) in [6.07, 6.45) is 2.91. The van der Waals surface area contributed by atoms with Gasteiger partial charge in [-0.2, -0.15) is 11.8 Å². The van der Waals surface area contributed by atoms with E-state index < -0.39 is 11.8 Å². The molecule has 5 nitrogen and oxygen atoms in total. The molecular formula is C10H18N2O3S. The second kappa shape index (κ2) is 6.10. The summed E-state index contributed by atoms with van der Waals surface area (Å²) in [6, 6.07) is -0.177. The van der Waals surface area contributed by atoms with E-state index >= 15 is 0 Å². The van der Waals surface area contributed by atoms with E-state index in [2.05, 4.69) is 0 Å². The second-order valence-electron chi connectivity index (χ2n) is 3.97. The number of nitrogens with two attached hydrogens (primary N) is 1. The first-order chi connectivity index (χ1) is 7.60. The number of primary amides is 1. The molecule has 1 rings (SSSR count). The van der Waals surface area contributed by atoms with Crippen LogP contribution < -0.4 is 5.73 Å². The van der Waals surface area contributed by atoms with E-state index in [4.69, 9.17) is 5.73 Å². The number of thioether (sulfide) groups is 1. The molecular weight excluding hydrogens is 228 g/mol. The van der Waals surface area contributed by atoms with Gasteiger partial charge in [-0.25, -0.2) is 0 Å². The molecule has 0 aromatic rings. The normalized spacial score (nSPS) is 22.5. The van der Waals surface area contributed by atoms with Crippen LogP contribution in [-0.4, -0.2) is 53.0 Å². The van der Waals surface area contributed by atoms with Gasteiger partial charge >= 0.3 is 0 Å². The maximum absolute atomic E-state index is 11.7. The summed E-state index contributed by atoms with van der Waals surface area (Å²) in [5.74, 6) is -0.0202. The van der Waals surface area contributed by atoms with E-state index in [1.807, 2.05) is 6.26 Å². The van der Waals surface area contributed by atoms with Gasteiger partial charge in [0.2, 0.25) is 11.8 Å². The van der Waals surface area contributed by atoms with Crippen molar-refractivity contribution in [3.05, 3.63) is 0 Å². The average Bonchev–Trinajstić information content (AvgIpc) is 2.62. The Balaban J connectivity index is 2.57. The highest BCUT2D eigenvalue weighted by atomic mass is 32.2. The number of likely N-dealkylation sites (tertiary alicyclic amines) is 1. The third kappa shape index (κ3) is 3.12. The Morgan fingerprint density at radius 3 is 2.88 bits per heavy atom. The number of carbonyl (C=O) groups excluding carboxylic acids is 2. The molecule has 2 amide bonds. The molecule has 2 unspecified atom stereocenters. The number of rotatable bonds is 6. The van der Waals surface area contributed by atoms with Crippen molar-refractivity contribution in [3.63, 3.8) is 0 Å². The number of aliphatic hydroxyl groups excluding tert-OH is 1. The standard InChI is InChI=1S/C10H18N2O3S/c1-16-3-2-8(6-13)12-5-7(10(11)15)4-9(12)14/h7-8,13H,2-6H2,1H3,(H2,11,15). The van der Waals surface area contributed by atoms with Gasteiger partial charge in [0.05, 0.1) is 18.6 Å². The molecule has 0 aromatic carbocycles. The fourth-order valence-corrected chi connectivity index (χ4v) is 2.38. The monoisotopic (exact) mass is 246 g/mol. The fraction of sp³-hybridized carbons (Fsp3) is 0.800. The van der Waals surface area contributed by atoms with Crippen molar-refractivity contribution in [2.75, 3.05) is 25.2 Å². The van der Waals surface area contributed by atoms with Gasteiger partial charge in [0.25, 0.3) is 0 Å². The zero-order valence-corrected chi connectivity index (χ0v) is 10.2.